The summed E-state index contributed by atoms with van der Waals surface area (Å²) in [7, 11) is 0. The van der Waals surface area contributed by atoms with Gasteiger partial charge in [-0.15, -0.1) is 0 Å². The first-order valence-electron chi connectivity index (χ1n) is 10.5. The number of nitrogens with one attached hydrogen (secondary N) is 1. The number of carbonyl (C=O) groups excluding carboxylic acids is 2. The van der Waals surface area contributed by atoms with Gasteiger partial charge in [-0.1, -0.05) is 42.6 Å². The molecule has 5 rings (SSSR count). The summed E-state index contributed by atoms with van der Waals surface area (Å²) in [5.74, 6) is -0.287. The van der Waals surface area contributed by atoms with Crippen molar-refractivity contribution in [1.29, 1.82) is 0 Å². The number of para-hydroxylation sites is 1. The van der Waals surface area contributed by atoms with Gasteiger partial charge in [0.1, 0.15) is 11.2 Å². The number of nitrogens with zero attached hydrogens (tertiary/aromatic N) is 2. The molecule has 2 aliphatic rings. The Balaban J connectivity index is 1.63. The third-order valence-electron chi connectivity index (χ3n) is 6.46. The predicted molar refractivity (Wildman–Crippen MR) is 119 cm³/mol. The van der Waals surface area contributed by atoms with Gasteiger partial charge in [-0.2, -0.15) is 0 Å². The molecule has 2 aromatic carbocycles. The maximum atomic E-state index is 13.7. The van der Waals surface area contributed by atoms with Gasteiger partial charge < -0.3 is 9.88 Å². The highest BCUT2D eigenvalue weighted by molar-refractivity contribution is 6.30. The molecule has 0 spiro atoms. The summed E-state index contributed by atoms with van der Waals surface area (Å²) in [6.45, 7) is 2.25. The zero-order chi connectivity index (χ0) is 20.9. The van der Waals surface area contributed by atoms with Gasteiger partial charge in [0.05, 0.1) is 6.54 Å². The molecule has 1 atom stereocenters. The number of amides is 2. The van der Waals surface area contributed by atoms with Crippen LogP contribution in [0.2, 0.25) is 5.02 Å². The van der Waals surface area contributed by atoms with E-state index in [-0.39, 0.29) is 17.9 Å². The lowest BCUT2D eigenvalue weighted by atomic mass is 9.93. The number of carbonyl (C=O) groups is 2. The molecule has 2 amide bonds. The molecule has 3 aromatic rings. The standard InChI is InChI=1S/C24H24ClN3O2/c1-24(23(30)26-18-7-3-4-8-18)15-27-20-9-5-2-6-16(20)14-21(27)22(29)28(24)19-12-10-17(25)11-13-19/h2,5-6,9-14,18H,3-4,7-8,15H2,1H3,(H,26,30)/t24-/m0/s1. The van der Waals surface area contributed by atoms with E-state index in [9.17, 15) is 9.59 Å². The van der Waals surface area contributed by atoms with Crippen LogP contribution in [-0.2, 0) is 11.3 Å². The maximum absolute atomic E-state index is 13.7. The fraction of sp³-hybridized carbons (Fsp3) is 0.333. The average Bonchev–Trinajstić information content (AvgIpc) is 3.37. The largest absolute Gasteiger partial charge is 0.351 e. The average molecular weight is 422 g/mol. The first kappa shape index (κ1) is 19.2. The zero-order valence-corrected chi connectivity index (χ0v) is 17.7. The van der Waals surface area contributed by atoms with Crippen LogP contribution in [0.3, 0.4) is 0 Å². The Kier molecular flexibility index (Phi) is 4.58. The van der Waals surface area contributed by atoms with Crippen molar-refractivity contribution < 1.29 is 9.59 Å². The predicted octanol–water partition coefficient (Wildman–Crippen LogP) is 4.77. The van der Waals surface area contributed by atoms with Gasteiger partial charge in [0.15, 0.2) is 0 Å². The van der Waals surface area contributed by atoms with E-state index < -0.39 is 5.54 Å². The Morgan fingerprint density at radius 1 is 1.10 bits per heavy atom. The van der Waals surface area contributed by atoms with Crippen LogP contribution in [0.15, 0.2) is 54.6 Å². The van der Waals surface area contributed by atoms with Crippen LogP contribution in [0.1, 0.15) is 43.1 Å². The Morgan fingerprint density at radius 3 is 2.53 bits per heavy atom. The summed E-state index contributed by atoms with van der Waals surface area (Å²) in [5.41, 5.74) is 1.18. The second-order valence-electron chi connectivity index (χ2n) is 8.52. The number of halogens is 1. The van der Waals surface area contributed by atoms with Crippen LogP contribution in [0.4, 0.5) is 5.69 Å². The van der Waals surface area contributed by atoms with Crippen molar-refractivity contribution in [3.63, 3.8) is 0 Å². The molecule has 1 aromatic heterocycles. The molecule has 0 unspecified atom stereocenters. The van der Waals surface area contributed by atoms with Crippen LogP contribution in [0.5, 0.6) is 0 Å². The number of aromatic nitrogens is 1. The number of benzene rings is 2. The van der Waals surface area contributed by atoms with Crippen molar-refractivity contribution in [2.45, 2.75) is 50.7 Å². The molecule has 5 nitrogen and oxygen atoms in total. The van der Waals surface area contributed by atoms with Crippen molar-refractivity contribution >= 4 is 40.0 Å². The second-order valence-corrected chi connectivity index (χ2v) is 8.96. The van der Waals surface area contributed by atoms with Crippen molar-refractivity contribution in [2.75, 3.05) is 4.90 Å². The van der Waals surface area contributed by atoms with Gasteiger partial charge in [0.25, 0.3) is 5.91 Å². The smallest absolute Gasteiger partial charge is 0.275 e. The minimum Gasteiger partial charge on any atom is -0.351 e. The lowest BCUT2D eigenvalue weighted by molar-refractivity contribution is -0.127. The molecule has 0 radical (unpaired) electrons. The fourth-order valence-corrected chi connectivity index (χ4v) is 4.98. The number of anilines is 1. The summed E-state index contributed by atoms with van der Waals surface area (Å²) < 4.78 is 1.98. The molecule has 1 saturated carbocycles. The van der Waals surface area contributed by atoms with Crippen molar-refractivity contribution in [3.05, 3.63) is 65.3 Å². The molecule has 1 aliphatic carbocycles. The van der Waals surface area contributed by atoms with E-state index in [1.54, 1.807) is 29.2 Å². The number of hydrogen-bond donors (Lipinski definition) is 1. The Bertz CT molecular complexity index is 1130. The van der Waals surface area contributed by atoms with Crippen LogP contribution in [0, 0.1) is 0 Å². The number of fused-ring (bicyclic) bond motifs is 3. The molecule has 6 heteroatoms. The molecular formula is C24H24ClN3O2. The topological polar surface area (TPSA) is 54.3 Å². The lowest BCUT2D eigenvalue weighted by Gasteiger charge is -2.44. The molecule has 1 aliphatic heterocycles. The normalized spacial score (nSPS) is 21.8. The summed E-state index contributed by atoms with van der Waals surface area (Å²) in [4.78, 5) is 29.0. The SMILES string of the molecule is C[C@@]1(C(=O)NC2CCCC2)Cn2c(cc3ccccc32)C(=O)N1c1ccc(Cl)cc1. The Hall–Kier alpha value is -2.79. The molecular weight excluding hydrogens is 398 g/mol. The number of rotatable bonds is 3. The first-order valence-corrected chi connectivity index (χ1v) is 10.8. The molecule has 0 bridgehead atoms. The molecule has 1 fully saturated rings. The van der Waals surface area contributed by atoms with Crippen LogP contribution < -0.4 is 10.2 Å². The molecule has 1 N–H and O–H groups in total. The molecule has 2 heterocycles. The number of hydrogen-bond acceptors (Lipinski definition) is 2. The van der Waals surface area contributed by atoms with Gasteiger partial charge in [0, 0.05) is 27.7 Å². The van der Waals surface area contributed by atoms with E-state index in [0.29, 0.717) is 22.9 Å². The minimum absolute atomic E-state index is 0.110. The van der Waals surface area contributed by atoms with E-state index in [0.717, 1.165) is 36.6 Å². The summed E-state index contributed by atoms with van der Waals surface area (Å²) in [6, 6.07) is 17.1. The Morgan fingerprint density at radius 2 is 1.80 bits per heavy atom. The van der Waals surface area contributed by atoms with Crippen LogP contribution in [0.25, 0.3) is 10.9 Å². The molecule has 0 saturated heterocycles. The van der Waals surface area contributed by atoms with E-state index in [1.807, 2.05) is 41.8 Å². The van der Waals surface area contributed by atoms with Gasteiger partial charge >= 0.3 is 0 Å². The zero-order valence-electron chi connectivity index (χ0n) is 16.9. The van der Waals surface area contributed by atoms with Crippen molar-refractivity contribution in [3.8, 4) is 0 Å². The lowest BCUT2D eigenvalue weighted by Crippen LogP contribution is -2.65. The van der Waals surface area contributed by atoms with Gasteiger partial charge in [-0.25, -0.2) is 0 Å². The highest BCUT2D eigenvalue weighted by Crippen LogP contribution is 2.36. The quantitative estimate of drug-likeness (QED) is 0.662. The second kappa shape index (κ2) is 7.17. The van der Waals surface area contributed by atoms with Crippen molar-refractivity contribution in [2.24, 2.45) is 0 Å². The van der Waals surface area contributed by atoms with E-state index in [2.05, 4.69) is 5.32 Å². The first-order chi connectivity index (χ1) is 14.5. The van der Waals surface area contributed by atoms with Crippen molar-refractivity contribution in [1.82, 2.24) is 9.88 Å². The summed E-state index contributed by atoms with van der Waals surface area (Å²) in [6.07, 6.45) is 4.25. The maximum Gasteiger partial charge on any atom is 0.275 e. The Labute approximate surface area is 180 Å². The minimum atomic E-state index is -1.05. The highest BCUT2D eigenvalue weighted by Gasteiger charge is 2.49. The van der Waals surface area contributed by atoms with E-state index >= 15 is 0 Å². The fourth-order valence-electron chi connectivity index (χ4n) is 4.85. The third-order valence-corrected chi connectivity index (χ3v) is 6.71. The van der Waals surface area contributed by atoms with Gasteiger partial charge in [-0.05, 0) is 56.2 Å². The van der Waals surface area contributed by atoms with Crippen LogP contribution >= 0.6 is 11.6 Å². The van der Waals surface area contributed by atoms with E-state index in [1.165, 1.54) is 0 Å². The van der Waals surface area contributed by atoms with Gasteiger partial charge in [-0.3, -0.25) is 14.5 Å². The monoisotopic (exact) mass is 421 g/mol. The van der Waals surface area contributed by atoms with Gasteiger partial charge in [0.2, 0.25) is 5.91 Å². The highest BCUT2D eigenvalue weighted by atomic mass is 35.5. The summed E-state index contributed by atoms with van der Waals surface area (Å²) in [5, 5.41) is 4.81. The summed E-state index contributed by atoms with van der Waals surface area (Å²) >= 11 is 6.08. The third kappa shape index (κ3) is 3.00. The van der Waals surface area contributed by atoms with Crippen LogP contribution in [-0.4, -0.2) is 28.0 Å². The molecule has 154 valence electrons. The molecule has 30 heavy (non-hydrogen) atoms. The van der Waals surface area contributed by atoms with E-state index in [4.69, 9.17) is 11.6 Å².